The fourth-order valence-corrected chi connectivity index (χ4v) is 4.22. The quantitative estimate of drug-likeness (QED) is 0.767. The van der Waals surface area contributed by atoms with Crippen LogP contribution in [0.25, 0.3) is 0 Å². The maximum atomic E-state index is 12.8. The van der Waals surface area contributed by atoms with Crippen LogP contribution in [0.1, 0.15) is 31.4 Å². The van der Waals surface area contributed by atoms with E-state index in [4.69, 9.17) is 4.74 Å². The average molecular weight is 388 g/mol. The normalized spacial score (nSPS) is 15.9. The Hall–Kier alpha value is -2.71. The van der Waals surface area contributed by atoms with Gasteiger partial charge < -0.3 is 4.74 Å². The Morgan fingerprint density at radius 3 is 2.26 bits per heavy atom. The Morgan fingerprint density at radius 1 is 1.04 bits per heavy atom. The van der Waals surface area contributed by atoms with Crippen molar-refractivity contribution < 1.29 is 22.7 Å². The number of anilines is 1. The first-order chi connectivity index (χ1) is 12.8. The minimum Gasteiger partial charge on any atom is -0.495 e. The van der Waals surface area contributed by atoms with E-state index in [1.807, 2.05) is 30.3 Å². The minimum atomic E-state index is -3.87. The molecule has 0 unspecified atom stereocenters. The van der Waals surface area contributed by atoms with Crippen molar-refractivity contribution in [2.24, 2.45) is 0 Å². The topological polar surface area (TPSA) is 92.8 Å². The van der Waals surface area contributed by atoms with Crippen LogP contribution in [0.15, 0.2) is 53.4 Å². The third-order valence-corrected chi connectivity index (χ3v) is 5.92. The molecule has 1 aliphatic rings. The molecule has 0 aliphatic carbocycles. The van der Waals surface area contributed by atoms with Crippen molar-refractivity contribution in [2.75, 3.05) is 12.0 Å². The highest BCUT2D eigenvalue weighted by atomic mass is 32.2. The van der Waals surface area contributed by atoms with Gasteiger partial charge in [0, 0.05) is 18.9 Å². The Balaban J connectivity index is 1.95. The lowest BCUT2D eigenvalue weighted by molar-refractivity contribution is -0.121. The molecule has 2 amide bonds. The van der Waals surface area contributed by atoms with Crippen molar-refractivity contribution in [3.05, 3.63) is 54.1 Å². The molecular formula is C19H20N2O5S. The molecule has 2 aromatic rings. The second-order valence-corrected chi connectivity index (χ2v) is 7.92. The molecule has 1 aliphatic heterocycles. The Bertz CT molecular complexity index is 957. The van der Waals surface area contributed by atoms with Gasteiger partial charge in [0.2, 0.25) is 21.8 Å². The third kappa shape index (κ3) is 3.86. The molecule has 2 aromatic carbocycles. The van der Waals surface area contributed by atoms with Gasteiger partial charge in [0.1, 0.15) is 5.75 Å². The molecule has 0 aromatic heterocycles. The van der Waals surface area contributed by atoms with E-state index in [-0.39, 0.29) is 41.0 Å². The summed E-state index contributed by atoms with van der Waals surface area (Å²) in [5, 5.41) is 0. The van der Waals surface area contributed by atoms with E-state index < -0.39 is 16.1 Å². The van der Waals surface area contributed by atoms with Crippen LogP contribution in [0.2, 0.25) is 0 Å². The van der Waals surface area contributed by atoms with E-state index in [0.29, 0.717) is 0 Å². The second-order valence-electron chi connectivity index (χ2n) is 6.21. The van der Waals surface area contributed by atoms with Crippen LogP contribution in [0.3, 0.4) is 0 Å². The number of nitrogens with one attached hydrogen (secondary N) is 1. The van der Waals surface area contributed by atoms with Crippen LogP contribution in [0.5, 0.6) is 5.75 Å². The van der Waals surface area contributed by atoms with Crippen LogP contribution in [-0.2, 0) is 19.6 Å². The number of methoxy groups -OCH3 is 1. The Labute approximate surface area is 158 Å². The summed E-state index contributed by atoms with van der Waals surface area (Å²) in [4.78, 5) is 25.1. The molecule has 1 atom stereocenters. The van der Waals surface area contributed by atoms with Gasteiger partial charge in [-0.15, -0.1) is 0 Å². The highest BCUT2D eigenvalue weighted by molar-refractivity contribution is 7.89. The fourth-order valence-electron chi connectivity index (χ4n) is 2.97. The molecule has 0 saturated carbocycles. The Morgan fingerprint density at radius 2 is 1.67 bits per heavy atom. The SMILES string of the molecule is COc1ccc(S(=O)(=O)N[C@H](C)c2ccccc2)cc1N1C(=O)CCC1=O. The molecule has 1 N–H and O–H groups in total. The number of rotatable bonds is 6. The summed E-state index contributed by atoms with van der Waals surface area (Å²) in [7, 11) is -2.48. The van der Waals surface area contributed by atoms with Crippen molar-refractivity contribution in [1.82, 2.24) is 4.72 Å². The van der Waals surface area contributed by atoms with E-state index in [2.05, 4.69) is 4.72 Å². The van der Waals surface area contributed by atoms with Gasteiger partial charge in [-0.25, -0.2) is 18.0 Å². The van der Waals surface area contributed by atoms with Gasteiger partial charge in [-0.2, -0.15) is 0 Å². The number of hydrogen-bond acceptors (Lipinski definition) is 5. The number of imide groups is 1. The second kappa shape index (κ2) is 7.50. The van der Waals surface area contributed by atoms with Gasteiger partial charge in [0.15, 0.2) is 0 Å². The summed E-state index contributed by atoms with van der Waals surface area (Å²) >= 11 is 0. The third-order valence-electron chi connectivity index (χ3n) is 4.38. The highest BCUT2D eigenvalue weighted by Gasteiger charge is 2.33. The standard InChI is InChI=1S/C19H20N2O5S/c1-13(14-6-4-3-5-7-14)20-27(24,25)15-8-9-17(26-2)16(12-15)21-18(22)10-11-19(21)23/h3-9,12-13,20H,10-11H2,1-2H3/t13-/m1/s1. The molecular weight excluding hydrogens is 368 g/mol. The van der Waals surface area contributed by atoms with Crippen molar-refractivity contribution in [1.29, 1.82) is 0 Å². The van der Waals surface area contributed by atoms with Crippen LogP contribution in [-0.4, -0.2) is 27.3 Å². The van der Waals surface area contributed by atoms with Gasteiger partial charge in [0.05, 0.1) is 17.7 Å². The molecule has 0 spiro atoms. The molecule has 1 saturated heterocycles. The van der Waals surface area contributed by atoms with Gasteiger partial charge in [-0.3, -0.25) is 9.59 Å². The summed E-state index contributed by atoms with van der Waals surface area (Å²) in [6.45, 7) is 1.74. The number of nitrogens with zero attached hydrogens (tertiary/aromatic N) is 1. The van der Waals surface area contributed by atoms with Crippen LogP contribution < -0.4 is 14.4 Å². The van der Waals surface area contributed by atoms with Crippen LogP contribution in [0, 0.1) is 0 Å². The van der Waals surface area contributed by atoms with Crippen LogP contribution >= 0.6 is 0 Å². The summed E-state index contributed by atoms with van der Waals surface area (Å²) in [6, 6.07) is 12.8. The fraction of sp³-hybridized carbons (Fsp3) is 0.263. The van der Waals surface area contributed by atoms with Crippen molar-refractivity contribution >= 4 is 27.5 Å². The van der Waals surface area contributed by atoms with E-state index in [9.17, 15) is 18.0 Å². The predicted octanol–water partition coefficient (Wildman–Crippen LogP) is 2.39. The van der Waals surface area contributed by atoms with Crippen molar-refractivity contribution in [3.63, 3.8) is 0 Å². The zero-order valence-corrected chi connectivity index (χ0v) is 15.8. The highest BCUT2D eigenvalue weighted by Crippen LogP contribution is 2.34. The summed E-state index contributed by atoms with van der Waals surface area (Å²) < 4.78 is 33.4. The van der Waals surface area contributed by atoms with E-state index in [0.717, 1.165) is 10.5 Å². The average Bonchev–Trinajstić information content (AvgIpc) is 2.99. The lowest BCUT2D eigenvalue weighted by Crippen LogP contribution is -2.30. The molecule has 8 heteroatoms. The van der Waals surface area contributed by atoms with E-state index in [1.54, 1.807) is 6.92 Å². The summed E-state index contributed by atoms with van der Waals surface area (Å²) in [6.07, 6.45) is 0.199. The first-order valence-corrected chi connectivity index (χ1v) is 9.93. The number of hydrogen-bond donors (Lipinski definition) is 1. The van der Waals surface area contributed by atoms with Gasteiger partial charge in [-0.1, -0.05) is 30.3 Å². The van der Waals surface area contributed by atoms with Gasteiger partial charge >= 0.3 is 0 Å². The number of carbonyl (C=O) groups excluding carboxylic acids is 2. The molecule has 142 valence electrons. The molecule has 3 rings (SSSR count). The predicted molar refractivity (Wildman–Crippen MR) is 99.9 cm³/mol. The molecule has 7 nitrogen and oxygen atoms in total. The summed E-state index contributed by atoms with van der Waals surface area (Å²) in [5.74, 6) is -0.495. The number of sulfonamides is 1. The first-order valence-electron chi connectivity index (χ1n) is 8.44. The summed E-state index contributed by atoms with van der Waals surface area (Å²) in [5.41, 5.74) is 0.958. The molecule has 1 fully saturated rings. The smallest absolute Gasteiger partial charge is 0.241 e. The molecule has 0 bridgehead atoms. The number of ether oxygens (including phenoxy) is 1. The molecule has 0 radical (unpaired) electrons. The van der Waals surface area contributed by atoms with Gasteiger partial charge in [-0.05, 0) is 30.7 Å². The van der Waals surface area contributed by atoms with Crippen LogP contribution in [0.4, 0.5) is 5.69 Å². The zero-order chi connectivity index (χ0) is 19.6. The van der Waals surface area contributed by atoms with Crippen molar-refractivity contribution in [2.45, 2.75) is 30.7 Å². The number of amides is 2. The molecule has 27 heavy (non-hydrogen) atoms. The number of benzene rings is 2. The largest absolute Gasteiger partial charge is 0.495 e. The van der Waals surface area contributed by atoms with Gasteiger partial charge in [0.25, 0.3) is 0 Å². The molecule has 1 heterocycles. The lowest BCUT2D eigenvalue weighted by atomic mass is 10.1. The Kier molecular flexibility index (Phi) is 5.29. The zero-order valence-electron chi connectivity index (χ0n) is 15.0. The minimum absolute atomic E-state index is 0.0476. The lowest BCUT2D eigenvalue weighted by Gasteiger charge is -2.19. The number of carbonyl (C=O) groups is 2. The monoisotopic (exact) mass is 388 g/mol. The van der Waals surface area contributed by atoms with E-state index >= 15 is 0 Å². The van der Waals surface area contributed by atoms with E-state index in [1.165, 1.54) is 25.3 Å². The maximum absolute atomic E-state index is 12.8. The first kappa shape index (κ1) is 19.1. The maximum Gasteiger partial charge on any atom is 0.241 e. The van der Waals surface area contributed by atoms with Crippen molar-refractivity contribution in [3.8, 4) is 5.75 Å².